The smallest absolute Gasteiger partial charge is 0.334 e. The maximum absolute atomic E-state index is 11.9. The molecule has 0 saturated heterocycles. The fourth-order valence-corrected chi connectivity index (χ4v) is 3.68. The van der Waals surface area contributed by atoms with Crippen molar-refractivity contribution in [3.8, 4) is 28.9 Å². The second-order valence-corrected chi connectivity index (χ2v) is 7.51. The molecule has 0 saturated carbocycles. The van der Waals surface area contributed by atoms with Gasteiger partial charge in [-0.25, -0.2) is 9.97 Å². The molecule has 5 aromatic rings. The Morgan fingerprint density at radius 1 is 0.857 bits per heavy atom. The highest BCUT2D eigenvalue weighted by Gasteiger charge is 2.14. The molecule has 3 heterocycles. The Bertz CT molecular complexity index is 1570. The number of methoxy groups -OCH3 is 1. The average molecular weight is 470 g/mol. The molecule has 0 aliphatic carbocycles. The van der Waals surface area contributed by atoms with Crippen LogP contribution in [0.5, 0.6) is 17.5 Å². The van der Waals surface area contributed by atoms with Gasteiger partial charge in [-0.15, -0.1) is 0 Å². The van der Waals surface area contributed by atoms with E-state index >= 15 is 0 Å². The largest absolute Gasteiger partial charge is 0.486 e. The lowest BCUT2D eigenvalue weighted by Gasteiger charge is -2.18. The van der Waals surface area contributed by atoms with E-state index in [1.807, 2.05) is 54.7 Å². The highest BCUT2D eigenvalue weighted by Crippen LogP contribution is 2.33. The molecular weight excluding hydrogens is 448 g/mol. The van der Waals surface area contributed by atoms with E-state index in [0.717, 1.165) is 32.7 Å². The first kappa shape index (κ1) is 22.1. The number of rotatable bonds is 3. The predicted octanol–water partition coefficient (Wildman–Crippen LogP) is 3.53. The lowest BCUT2D eigenvalue weighted by atomic mass is 10.1. The molecule has 1 aliphatic heterocycles. The third-order valence-electron chi connectivity index (χ3n) is 5.36. The molecule has 2 aromatic heterocycles. The lowest BCUT2D eigenvalue weighted by molar-refractivity contribution is 0.124. The number of para-hydroxylation sites is 2. The Kier molecular flexibility index (Phi) is 6.13. The molecule has 176 valence electrons. The molecule has 0 amide bonds. The summed E-state index contributed by atoms with van der Waals surface area (Å²) in [7, 11) is 2.83. The Balaban J connectivity index is 0.000000152. The van der Waals surface area contributed by atoms with Gasteiger partial charge in [0.15, 0.2) is 17.3 Å². The van der Waals surface area contributed by atoms with E-state index in [4.69, 9.17) is 19.0 Å². The van der Waals surface area contributed by atoms with Crippen molar-refractivity contribution in [3.63, 3.8) is 0 Å². The fourth-order valence-electron chi connectivity index (χ4n) is 3.68. The zero-order valence-electron chi connectivity index (χ0n) is 19.2. The molecule has 0 fully saturated rings. The first-order valence-corrected chi connectivity index (χ1v) is 10.9. The van der Waals surface area contributed by atoms with Crippen molar-refractivity contribution in [1.29, 1.82) is 0 Å². The summed E-state index contributed by atoms with van der Waals surface area (Å²) in [6, 6.07) is 20.9. The van der Waals surface area contributed by atoms with Gasteiger partial charge in [-0.1, -0.05) is 35.1 Å². The van der Waals surface area contributed by atoms with E-state index < -0.39 is 0 Å². The minimum absolute atomic E-state index is 0.140. The summed E-state index contributed by atoms with van der Waals surface area (Å²) >= 11 is 0. The van der Waals surface area contributed by atoms with Crippen molar-refractivity contribution in [1.82, 2.24) is 19.7 Å². The molecule has 0 unspecified atom stereocenters. The number of hydrogen-bond acceptors (Lipinski definition) is 8. The summed E-state index contributed by atoms with van der Waals surface area (Å²) in [5.74, 6) is 2.23. The van der Waals surface area contributed by atoms with Gasteiger partial charge in [-0.05, 0) is 36.4 Å². The van der Waals surface area contributed by atoms with Crippen LogP contribution in [0, 0.1) is 0 Å². The fraction of sp³-hybridized carbons (Fsp3) is 0.154. The Morgan fingerprint density at radius 2 is 1.60 bits per heavy atom. The number of aromatic nitrogens is 4. The third-order valence-corrected chi connectivity index (χ3v) is 5.36. The molecular formula is C26H22N4O5. The Morgan fingerprint density at radius 3 is 2.40 bits per heavy atom. The van der Waals surface area contributed by atoms with Crippen LogP contribution in [0.15, 0.2) is 77.7 Å². The average Bonchev–Trinajstić information content (AvgIpc) is 2.92. The van der Waals surface area contributed by atoms with Gasteiger partial charge < -0.3 is 19.0 Å². The number of nitrogens with zero attached hydrogens (tertiary/aromatic N) is 4. The number of hydrogen-bond donors (Lipinski definition) is 0. The monoisotopic (exact) mass is 470 g/mol. The number of fused-ring (bicyclic) bond motifs is 3. The maximum atomic E-state index is 11.9. The molecule has 0 atom stereocenters. The summed E-state index contributed by atoms with van der Waals surface area (Å²) < 4.78 is 17.1. The van der Waals surface area contributed by atoms with Gasteiger partial charge in [0.2, 0.25) is 0 Å². The van der Waals surface area contributed by atoms with Crippen LogP contribution in [-0.4, -0.2) is 47.1 Å². The topological polar surface area (TPSA) is 97.6 Å². The van der Waals surface area contributed by atoms with Gasteiger partial charge in [0.25, 0.3) is 5.56 Å². The Labute approximate surface area is 200 Å². The van der Waals surface area contributed by atoms with Gasteiger partial charge in [0.1, 0.15) is 20.3 Å². The summed E-state index contributed by atoms with van der Waals surface area (Å²) in [4.78, 5) is 29.9. The van der Waals surface area contributed by atoms with E-state index in [-0.39, 0.29) is 11.6 Å². The SMILES string of the molecule is COc1nc2ccccc2c(=O)n1OC.c1ccc2nc(-c3ccc4c(c3)OCCO4)ncc2c1. The van der Waals surface area contributed by atoms with Crippen molar-refractivity contribution in [2.75, 3.05) is 27.4 Å². The van der Waals surface area contributed by atoms with Gasteiger partial charge in [0.05, 0.1) is 23.5 Å². The van der Waals surface area contributed by atoms with Gasteiger partial charge in [0, 0.05) is 17.1 Å². The molecule has 9 heteroatoms. The third kappa shape index (κ3) is 4.43. The lowest BCUT2D eigenvalue weighted by Crippen LogP contribution is -2.27. The number of benzene rings is 3. The first-order valence-electron chi connectivity index (χ1n) is 10.9. The van der Waals surface area contributed by atoms with Crippen molar-refractivity contribution >= 4 is 21.8 Å². The standard InChI is InChI=1S/C16H12N2O2.C10H10N2O3/c1-2-4-13-12(3-1)10-17-16(18-13)11-5-6-14-15(9-11)20-8-7-19-14;1-14-10-11-8-6-4-3-5-7(8)9(13)12(10)15-2/h1-6,9-10H,7-8H2;3-6H,1-2H3. The van der Waals surface area contributed by atoms with Gasteiger partial charge in [-0.3, -0.25) is 4.79 Å². The van der Waals surface area contributed by atoms with Crippen molar-refractivity contribution < 1.29 is 19.0 Å². The highest BCUT2D eigenvalue weighted by molar-refractivity contribution is 5.79. The molecule has 1 aliphatic rings. The minimum Gasteiger partial charge on any atom is -0.486 e. The van der Waals surface area contributed by atoms with E-state index in [0.29, 0.717) is 29.9 Å². The van der Waals surface area contributed by atoms with Crippen molar-refractivity contribution in [2.45, 2.75) is 0 Å². The Hall–Kier alpha value is -4.66. The molecule has 0 bridgehead atoms. The summed E-state index contributed by atoms with van der Waals surface area (Å²) in [6.45, 7) is 1.17. The summed E-state index contributed by atoms with van der Waals surface area (Å²) in [5, 5.41) is 1.54. The molecule has 35 heavy (non-hydrogen) atoms. The number of ether oxygens (including phenoxy) is 3. The van der Waals surface area contributed by atoms with Crippen LogP contribution in [0.4, 0.5) is 0 Å². The zero-order chi connectivity index (χ0) is 24.2. The maximum Gasteiger partial charge on any atom is 0.334 e. The van der Waals surface area contributed by atoms with Crippen LogP contribution < -0.4 is 24.6 Å². The second-order valence-electron chi connectivity index (χ2n) is 7.51. The molecule has 9 nitrogen and oxygen atoms in total. The predicted molar refractivity (Wildman–Crippen MR) is 131 cm³/mol. The van der Waals surface area contributed by atoms with Crippen LogP contribution in [0.2, 0.25) is 0 Å². The van der Waals surface area contributed by atoms with Crippen LogP contribution in [0.25, 0.3) is 33.2 Å². The van der Waals surface area contributed by atoms with Gasteiger partial charge in [-0.2, -0.15) is 4.98 Å². The molecule has 0 radical (unpaired) electrons. The van der Waals surface area contributed by atoms with E-state index in [1.165, 1.54) is 14.2 Å². The van der Waals surface area contributed by atoms with Crippen molar-refractivity contribution in [2.24, 2.45) is 0 Å². The zero-order valence-corrected chi connectivity index (χ0v) is 19.2. The van der Waals surface area contributed by atoms with E-state index in [9.17, 15) is 4.79 Å². The minimum atomic E-state index is -0.278. The highest BCUT2D eigenvalue weighted by atomic mass is 16.7. The first-order chi connectivity index (χ1) is 17.2. The van der Waals surface area contributed by atoms with E-state index in [2.05, 4.69) is 15.0 Å². The normalized spacial score (nSPS) is 12.1. The summed E-state index contributed by atoms with van der Waals surface area (Å²) in [6.07, 6.45) is 1.84. The molecule has 6 rings (SSSR count). The quantitative estimate of drug-likeness (QED) is 0.395. The van der Waals surface area contributed by atoms with Crippen molar-refractivity contribution in [3.05, 3.63) is 83.3 Å². The van der Waals surface area contributed by atoms with Gasteiger partial charge >= 0.3 is 6.01 Å². The molecule has 0 N–H and O–H groups in total. The van der Waals surface area contributed by atoms with Crippen LogP contribution in [0.3, 0.4) is 0 Å². The summed E-state index contributed by atoms with van der Waals surface area (Å²) in [5.41, 5.74) is 2.18. The van der Waals surface area contributed by atoms with Crippen LogP contribution in [-0.2, 0) is 0 Å². The van der Waals surface area contributed by atoms with Crippen LogP contribution >= 0.6 is 0 Å². The second kappa shape index (κ2) is 9.68. The van der Waals surface area contributed by atoms with E-state index in [1.54, 1.807) is 18.2 Å². The molecule has 0 spiro atoms. The van der Waals surface area contributed by atoms with Crippen LogP contribution in [0.1, 0.15) is 0 Å². The molecule has 3 aromatic carbocycles.